The van der Waals surface area contributed by atoms with Crippen molar-refractivity contribution >= 4 is 17.1 Å². The molecule has 12 rings (SSSR count). The molecule has 0 N–H and O–H groups in total. The molecule has 8 aromatic rings. The van der Waals surface area contributed by atoms with Crippen molar-refractivity contribution in [2.75, 3.05) is 4.90 Å². The average molecular weight is 744 g/mol. The van der Waals surface area contributed by atoms with Crippen LogP contribution in [0.15, 0.2) is 188 Å². The van der Waals surface area contributed by atoms with Gasteiger partial charge in [0.2, 0.25) is 0 Å². The van der Waals surface area contributed by atoms with E-state index in [0.717, 1.165) is 25.7 Å². The largest absolute Gasteiger partial charge is 0.309 e. The molecule has 4 aliphatic rings. The molecular formula is C57H45N. The summed E-state index contributed by atoms with van der Waals surface area (Å²) in [5, 5.41) is 0. The molecule has 1 saturated carbocycles. The van der Waals surface area contributed by atoms with Crippen molar-refractivity contribution in [3.8, 4) is 44.5 Å². The third kappa shape index (κ3) is 4.48. The van der Waals surface area contributed by atoms with Gasteiger partial charge < -0.3 is 4.90 Å². The smallest absolute Gasteiger partial charge is 0.0543 e. The molecule has 8 aromatic carbocycles. The van der Waals surface area contributed by atoms with E-state index in [0.29, 0.717) is 0 Å². The van der Waals surface area contributed by atoms with Crippen LogP contribution in [0.5, 0.6) is 0 Å². The van der Waals surface area contributed by atoms with E-state index in [9.17, 15) is 0 Å². The molecule has 4 aliphatic carbocycles. The minimum absolute atomic E-state index is 0.0409. The molecule has 0 bridgehead atoms. The Kier molecular flexibility index (Phi) is 7.13. The predicted octanol–water partition coefficient (Wildman–Crippen LogP) is 14.9. The Labute approximate surface area is 342 Å². The van der Waals surface area contributed by atoms with Crippen LogP contribution in [0.3, 0.4) is 0 Å². The highest BCUT2D eigenvalue weighted by Crippen LogP contribution is 2.64. The standard InChI is InChI=1S/C57H45N/c1-55(2)46-24-11-9-23-45(46)54-50(55)28-16-30-53(54)58(52-29-15-10-19-40(52)38-17-4-3-5-18-38)39-31-32-44-43-22-8-14-27-49(43)57(51(44)37-39)35-33-56(34-36-57)47-25-12-6-20-41(47)42-21-7-13-26-48(42)56/h3-32,37H,33-36H2,1-2H3. The molecule has 1 nitrogen and oxygen atoms in total. The summed E-state index contributed by atoms with van der Waals surface area (Å²) in [7, 11) is 0. The molecule has 1 heteroatoms. The van der Waals surface area contributed by atoms with Crippen LogP contribution in [-0.2, 0) is 16.2 Å². The first-order valence-corrected chi connectivity index (χ1v) is 21.1. The van der Waals surface area contributed by atoms with Crippen LogP contribution in [0.1, 0.15) is 72.9 Å². The average Bonchev–Trinajstić information content (AvgIpc) is 3.81. The van der Waals surface area contributed by atoms with Crippen molar-refractivity contribution in [1.29, 1.82) is 0 Å². The number of para-hydroxylation sites is 1. The fourth-order valence-electron chi connectivity index (χ4n) is 12.0. The Morgan fingerprint density at radius 2 is 0.793 bits per heavy atom. The number of anilines is 3. The zero-order valence-corrected chi connectivity index (χ0v) is 33.2. The van der Waals surface area contributed by atoms with Gasteiger partial charge in [-0.1, -0.05) is 178 Å². The fraction of sp³-hybridized carbons (Fsp3) is 0.158. The molecule has 0 unspecified atom stereocenters. The Morgan fingerprint density at radius 3 is 1.41 bits per heavy atom. The van der Waals surface area contributed by atoms with Crippen molar-refractivity contribution in [1.82, 2.24) is 0 Å². The zero-order chi connectivity index (χ0) is 38.6. The summed E-state index contributed by atoms with van der Waals surface area (Å²) in [5.74, 6) is 0. The van der Waals surface area contributed by atoms with Crippen LogP contribution >= 0.6 is 0 Å². The minimum atomic E-state index is -0.105. The second-order valence-corrected chi connectivity index (χ2v) is 17.6. The quantitative estimate of drug-likeness (QED) is 0.173. The SMILES string of the molecule is CC1(C)c2ccccc2-c2c(N(c3ccc4c(c3)C3(CCC5(CC3)c3ccccc3-c3ccccc35)c3ccccc3-4)c3ccccc3-c3ccccc3)cccc21. The third-order valence-corrected chi connectivity index (χ3v) is 14.7. The molecule has 0 saturated heterocycles. The number of fused-ring (bicyclic) bond motifs is 13. The van der Waals surface area contributed by atoms with Crippen molar-refractivity contribution < 1.29 is 0 Å². The summed E-state index contributed by atoms with van der Waals surface area (Å²) in [4.78, 5) is 2.59. The first kappa shape index (κ1) is 33.7. The molecule has 58 heavy (non-hydrogen) atoms. The van der Waals surface area contributed by atoms with Gasteiger partial charge in [-0.05, 0) is 117 Å². The van der Waals surface area contributed by atoms with Crippen LogP contribution in [-0.4, -0.2) is 0 Å². The molecule has 0 aromatic heterocycles. The van der Waals surface area contributed by atoms with Crippen LogP contribution in [0.2, 0.25) is 0 Å². The number of hydrogen-bond donors (Lipinski definition) is 0. The van der Waals surface area contributed by atoms with Gasteiger partial charge in [-0.25, -0.2) is 0 Å². The maximum absolute atomic E-state index is 2.59. The third-order valence-electron chi connectivity index (χ3n) is 14.7. The van der Waals surface area contributed by atoms with Crippen LogP contribution in [0.25, 0.3) is 44.5 Å². The molecule has 278 valence electrons. The van der Waals surface area contributed by atoms with Gasteiger partial charge in [-0.15, -0.1) is 0 Å². The maximum atomic E-state index is 2.59. The van der Waals surface area contributed by atoms with E-state index in [2.05, 4.69) is 207 Å². The van der Waals surface area contributed by atoms with Crippen LogP contribution in [0.4, 0.5) is 17.1 Å². The van der Waals surface area contributed by atoms with Gasteiger partial charge in [0.15, 0.2) is 0 Å². The zero-order valence-electron chi connectivity index (χ0n) is 33.2. The summed E-state index contributed by atoms with van der Waals surface area (Å²) >= 11 is 0. The van der Waals surface area contributed by atoms with E-state index in [4.69, 9.17) is 0 Å². The lowest BCUT2D eigenvalue weighted by atomic mass is 9.57. The molecule has 2 spiro atoms. The first-order valence-electron chi connectivity index (χ1n) is 21.1. The Balaban J connectivity index is 1.07. The van der Waals surface area contributed by atoms with Gasteiger partial charge in [0.25, 0.3) is 0 Å². The van der Waals surface area contributed by atoms with Gasteiger partial charge in [0.1, 0.15) is 0 Å². The lowest BCUT2D eigenvalue weighted by Gasteiger charge is -2.45. The molecule has 0 amide bonds. The topological polar surface area (TPSA) is 3.24 Å². The summed E-state index contributed by atoms with van der Waals surface area (Å²) in [6.07, 6.45) is 4.45. The second-order valence-electron chi connectivity index (χ2n) is 17.6. The maximum Gasteiger partial charge on any atom is 0.0543 e. The molecule has 0 aliphatic heterocycles. The van der Waals surface area contributed by atoms with Crippen molar-refractivity contribution in [3.05, 3.63) is 221 Å². The highest BCUT2D eigenvalue weighted by Gasteiger charge is 2.53. The van der Waals surface area contributed by atoms with E-state index in [1.165, 1.54) is 95.0 Å². The molecular weight excluding hydrogens is 699 g/mol. The Hall–Kier alpha value is -6.44. The van der Waals surface area contributed by atoms with Gasteiger partial charge in [-0.2, -0.15) is 0 Å². The number of rotatable bonds is 4. The lowest BCUT2D eigenvalue weighted by molar-refractivity contribution is 0.265. The first-order chi connectivity index (χ1) is 28.5. The molecule has 1 fully saturated rings. The number of benzene rings is 8. The van der Waals surface area contributed by atoms with E-state index < -0.39 is 0 Å². The van der Waals surface area contributed by atoms with Crippen molar-refractivity contribution in [2.45, 2.75) is 55.8 Å². The predicted molar refractivity (Wildman–Crippen MR) is 241 cm³/mol. The highest BCUT2D eigenvalue weighted by molar-refractivity contribution is 5.98. The van der Waals surface area contributed by atoms with Crippen LogP contribution < -0.4 is 4.90 Å². The molecule has 0 heterocycles. The summed E-state index contributed by atoms with van der Waals surface area (Å²) in [6, 6.07) is 71.2. The van der Waals surface area contributed by atoms with Gasteiger partial charge in [-0.3, -0.25) is 0 Å². The normalized spacial score (nSPS) is 16.6. The molecule has 0 radical (unpaired) electrons. The van der Waals surface area contributed by atoms with E-state index in [1.54, 1.807) is 0 Å². The van der Waals surface area contributed by atoms with Gasteiger partial charge >= 0.3 is 0 Å². The Morgan fingerprint density at radius 1 is 0.345 bits per heavy atom. The van der Waals surface area contributed by atoms with Crippen molar-refractivity contribution in [3.63, 3.8) is 0 Å². The van der Waals surface area contributed by atoms with E-state index in [-0.39, 0.29) is 16.2 Å². The van der Waals surface area contributed by atoms with Crippen LogP contribution in [0, 0.1) is 0 Å². The number of hydrogen-bond acceptors (Lipinski definition) is 1. The lowest BCUT2D eigenvalue weighted by Crippen LogP contribution is -2.39. The van der Waals surface area contributed by atoms with E-state index >= 15 is 0 Å². The summed E-state index contributed by atoms with van der Waals surface area (Å²) in [6.45, 7) is 4.77. The van der Waals surface area contributed by atoms with Crippen molar-refractivity contribution in [2.24, 2.45) is 0 Å². The van der Waals surface area contributed by atoms with Gasteiger partial charge in [0.05, 0.1) is 11.4 Å². The number of nitrogens with zero attached hydrogens (tertiary/aromatic N) is 1. The highest BCUT2D eigenvalue weighted by atomic mass is 15.1. The minimum Gasteiger partial charge on any atom is -0.309 e. The molecule has 0 atom stereocenters. The van der Waals surface area contributed by atoms with E-state index in [1.807, 2.05) is 0 Å². The Bertz CT molecular complexity index is 2890. The second kappa shape index (κ2) is 12.3. The fourth-order valence-corrected chi connectivity index (χ4v) is 12.0. The summed E-state index contributed by atoms with van der Waals surface area (Å²) < 4.78 is 0. The van der Waals surface area contributed by atoms with Gasteiger partial charge in [0, 0.05) is 33.1 Å². The monoisotopic (exact) mass is 743 g/mol. The summed E-state index contributed by atoms with van der Waals surface area (Å²) in [5.41, 5.74) is 23.1.